The summed E-state index contributed by atoms with van der Waals surface area (Å²) in [6.45, 7) is 2.10. The van der Waals surface area contributed by atoms with Gasteiger partial charge in [-0.15, -0.1) is 0 Å². The zero-order valence-electron chi connectivity index (χ0n) is 14.9. The van der Waals surface area contributed by atoms with Crippen LogP contribution in [0.1, 0.15) is 71.1 Å². The van der Waals surface area contributed by atoms with Crippen LogP contribution in [0.2, 0.25) is 0 Å². The number of alkyl halides is 3. The maximum atomic E-state index is 11.5. The van der Waals surface area contributed by atoms with Crippen LogP contribution in [-0.4, -0.2) is 28.9 Å². The third-order valence-corrected chi connectivity index (χ3v) is 3.74. The van der Waals surface area contributed by atoms with E-state index in [2.05, 4.69) is 6.92 Å². The number of ether oxygens (including phenoxy) is 2. The number of unbranched alkanes of at least 4 members (excludes halogenated alkanes) is 7. The molecule has 146 valence electrons. The molecule has 0 heterocycles. The molecule has 0 saturated heterocycles. The Bertz CT molecular complexity index is 392. The highest BCUT2D eigenvalue weighted by molar-refractivity contribution is 6.67. The molecule has 0 aliphatic heterocycles. The van der Waals surface area contributed by atoms with Crippen molar-refractivity contribution in [1.82, 2.24) is 0 Å². The smallest absolute Gasteiger partial charge is 0.306 e. The van der Waals surface area contributed by atoms with Crippen molar-refractivity contribution in [2.75, 3.05) is 13.2 Å². The number of halogens is 3. The van der Waals surface area contributed by atoms with Crippen molar-refractivity contribution >= 4 is 46.7 Å². The molecular weight excluding hydrogens is 387 g/mol. The van der Waals surface area contributed by atoms with E-state index in [0.717, 1.165) is 12.8 Å². The van der Waals surface area contributed by atoms with Gasteiger partial charge < -0.3 is 9.47 Å². The van der Waals surface area contributed by atoms with E-state index in [1.807, 2.05) is 12.2 Å². The highest BCUT2D eigenvalue weighted by Gasteiger charge is 2.22. The molecule has 4 nitrogen and oxygen atoms in total. The molecule has 0 amide bonds. The van der Waals surface area contributed by atoms with E-state index in [0.29, 0.717) is 0 Å². The lowest BCUT2D eigenvalue weighted by Crippen LogP contribution is -2.18. The standard InChI is InChI=1S/C18H29Cl3O4/c1-2-3-4-5-6-7-8-9-10-11-14-24-16(22)12-13-17(23)25-15-18(19,20)21/h10-11H,2-9,12-15H2,1H3/b11-10+. The number of hydrogen-bond donors (Lipinski definition) is 0. The van der Waals surface area contributed by atoms with Crippen molar-refractivity contribution < 1.29 is 19.1 Å². The molecule has 0 fully saturated rings. The van der Waals surface area contributed by atoms with Gasteiger partial charge in [-0.05, 0) is 12.8 Å². The summed E-state index contributed by atoms with van der Waals surface area (Å²) in [6.07, 6.45) is 13.6. The van der Waals surface area contributed by atoms with Gasteiger partial charge >= 0.3 is 11.9 Å². The van der Waals surface area contributed by atoms with Crippen LogP contribution in [0.3, 0.4) is 0 Å². The molecule has 0 N–H and O–H groups in total. The van der Waals surface area contributed by atoms with Crippen LogP contribution in [0.4, 0.5) is 0 Å². The fourth-order valence-electron chi connectivity index (χ4n) is 2.06. The van der Waals surface area contributed by atoms with E-state index >= 15 is 0 Å². The van der Waals surface area contributed by atoms with Crippen LogP contribution < -0.4 is 0 Å². The zero-order chi connectivity index (χ0) is 19.0. The highest BCUT2D eigenvalue weighted by Crippen LogP contribution is 2.26. The molecule has 25 heavy (non-hydrogen) atoms. The molecule has 0 saturated carbocycles. The van der Waals surface area contributed by atoms with Gasteiger partial charge in [0.2, 0.25) is 3.79 Å². The molecule has 0 aromatic carbocycles. The summed E-state index contributed by atoms with van der Waals surface area (Å²) in [4.78, 5) is 22.8. The zero-order valence-corrected chi connectivity index (χ0v) is 17.2. The predicted octanol–water partition coefficient (Wildman–Crippen LogP) is 5.92. The molecule has 0 rings (SSSR count). The van der Waals surface area contributed by atoms with Gasteiger partial charge in [0.1, 0.15) is 13.2 Å². The second kappa shape index (κ2) is 15.8. The van der Waals surface area contributed by atoms with E-state index < -0.39 is 15.7 Å². The van der Waals surface area contributed by atoms with Crippen LogP contribution in [0, 0.1) is 0 Å². The maximum absolute atomic E-state index is 11.5. The second-order valence-corrected chi connectivity index (χ2v) is 8.36. The number of rotatable bonds is 14. The molecule has 0 aliphatic carbocycles. The first-order valence-electron chi connectivity index (χ1n) is 8.88. The Morgan fingerprint density at radius 1 is 0.840 bits per heavy atom. The van der Waals surface area contributed by atoms with Gasteiger partial charge in [-0.1, -0.05) is 92.4 Å². The summed E-state index contributed by atoms with van der Waals surface area (Å²) in [5, 5.41) is 0. The molecule has 0 aromatic heterocycles. The Kier molecular flexibility index (Phi) is 15.5. The van der Waals surface area contributed by atoms with Crippen molar-refractivity contribution in [1.29, 1.82) is 0 Å². The Labute approximate surface area is 166 Å². The topological polar surface area (TPSA) is 52.6 Å². The van der Waals surface area contributed by atoms with Crippen molar-refractivity contribution in [2.24, 2.45) is 0 Å². The Hall–Kier alpha value is -0.450. The normalized spacial score (nSPS) is 11.7. The minimum Gasteiger partial charge on any atom is -0.461 e. The third-order valence-electron chi connectivity index (χ3n) is 3.41. The summed E-state index contributed by atoms with van der Waals surface area (Å²) in [7, 11) is 0. The number of carbonyl (C=O) groups excluding carboxylic acids is 2. The van der Waals surface area contributed by atoms with Crippen LogP contribution in [0.25, 0.3) is 0 Å². The average Bonchev–Trinajstić information content (AvgIpc) is 2.55. The number of hydrogen-bond acceptors (Lipinski definition) is 4. The Morgan fingerprint density at radius 2 is 1.40 bits per heavy atom. The predicted molar refractivity (Wildman–Crippen MR) is 103 cm³/mol. The van der Waals surface area contributed by atoms with Gasteiger partial charge in [0, 0.05) is 0 Å². The third kappa shape index (κ3) is 19.7. The lowest BCUT2D eigenvalue weighted by atomic mass is 10.1. The largest absolute Gasteiger partial charge is 0.461 e. The number of esters is 2. The highest BCUT2D eigenvalue weighted by atomic mass is 35.6. The maximum Gasteiger partial charge on any atom is 0.306 e. The van der Waals surface area contributed by atoms with E-state index in [1.165, 1.54) is 38.5 Å². The summed E-state index contributed by atoms with van der Waals surface area (Å²) >= 11 is 16.4. The molecule has 0 radical (unpaired) electrons. The van der Waals surface area contributed by atoms with Gasteiger partial charge in [0.05, 0.1) is 12.8 Å². The lowest BCUT2D eigenvalue weighted by Gasteiger charge is -2.10. The summed E-state index contributed by atoms with van der Waals surface area (Å²) in [5.74, 6) is -1.05. The van der Waals surface area contributed by atoms with Gasteiger partial charge in [0.25, 0.3) is 0 Å². The molecule has 0 unspecified atom stereocenters. The second-order valence-electron chi connectivity index (χ2n) is 5.84. The minimum absolute atomic E-state index is 0.0513. The molecule has 0 atom stereocenters. The first-order valence-corrected chi connectivity index (χ1v) is 10.0. The molecule has 0 spiro atoms. The Morgan fingerprint density at radius 3 is 2.00 bits per heavy atom. The van der Waals surface area contributed by atoms with Crippen LogP contribution in [0.5, 0.6) is 0 Å². The Balaban J connectivity index is 3.49. The average molecular weight is 416 g/mol. The fourth-order valence-corrected chi connectivity index (χ4v) is 2.22. The van der Waals surface area contributed by atoms with E-state index in [9.17, 15) is 9.59 Å². The van der Waals surface area contributed by atoms with Crippen LogP contribution in [0.15, 0.2) is 12.2 Å². The van der Waals surface area contributed by atoms with Gasteiger partial charge in [0.15, 0.2) is 0 Å². The van der Waals surface area contributed by atoms with Gasteiger partial charge in [-0.3, -0.25) is 9.59 Å². The number of carbonyl (C=O) groups is 2. The summed E-state index contributed by atoms with van der Waals surface area (Å²) in [5.41, 5.74) is 0. The van der Waals surface area contributed by atoms with E-state index in [4.69, 9.17) is 44.3 Å². The molecule has 0 bridgehead atoms. The minimum atomic E-state index is -1.64. The van der Waals surface area contributed by atoms with Crippen LogP contribution in [-0.2, 0) is 19.1 Å². The van der Waals surface area contributed by atoms with Crippen LogP contribution >= 0.6 is 34.8 Å². The first-order chi connectivity index (χ1) is 11.8. The lowest BCUT2D eigenvalue weighted by molar-refractivity contribution is -0.149. The van der Waals surface area contributed by atoms with E-state index in [-0.39, 0.29) is 26.1 Å². The van der Waals surface area contributed by atoms with Crippen molar-refractivity contribution in [2.45, 2.75) is 74.9 Å². The van der Waals surface area contributed by atoms with Crippen molar-refractivity contribution in [3.63, 3.8) is 0 Å². The molecule has 7 heteroatoms. The van der Waals surface area contributed by atoms with E-state index in [1.54, 1.807) is 0 Å². The van der Waals surface area contributed by atoms with Crippen molar-refractivity contribution in [3.05, 3.63) is 12.2 Å². The fraction of sp³-hybridized carbons (Fsp3) is 0.778. The van der Waals surface area contributed by atoms with Gasteiger partial charge in [-0.25, -0.2) is 0 Å². The molecule has 0 aromatic rings. The first kappa shape index (κ1) is 24.6. The molecule has 0 aliphatic rings. The van der Waals surface area contributed by atoms with Gasteiger partial charge in [-0.2, -0.15) is 0 Å². The van der Waals surface area contributed by atoms with Crippen molar-refractivity contribution in [3.8, 4) is 0 Å². The summed E-state index contributed by atoms with van der Waals surface area (Å²) in [6, 6.07) is 0. The quantitative estimate of drug-likeness (QED) is 0.153. The number of allylic oxidation sites excluding steroid dienone is 1. The molecular formula is C18H29Cl3O4. The monoisotopic (exact) mass is 414 g/mol. The summed E-state index contributed by atoms with van der Waals surface area (Å²) < 4.78 is 8.07. The SMILES string of the molecule is CCCCCCCCC/C=C/COC(=O)CCC(=O)OCC(Cl)(Cl)Cl.